The molecule has 1 aromatic heterocycles. The summed E-state index contributed by atoms with van der Waals surface area (Å²) in [5.74, 6) is -0.190. The van der Waals surface area contributed by atoms with Gasteiger partial charge in [0, 0.05) is 17.5 Å². The third-order valence-electron chi connectivity index (χ3n) is 3.76. The number of aromatic nitrogens is 1. The van der Waals surface area contributed by atoms with Gasteiger partial charge in [0.2, 0.25) is 0 Å². The Bertz CT molecular complexity index is 634. The zero-order chi connectivity index (χ0) is 15.2. The Kier molecular flexibility index (Phi) is 5.32. The van der Waals surface area contributed by atoms with Crippen molar-refractivity contribution >= 4 is 16.9 Å². The van der Waals surface area contributed by atoms with Crippen LogP contribution >= 0.6 is 0 Å². The highest BCUT2D eigenvalue weighted by molar-refractivity contribution is 5.83. The van der Waals surface area contributed by atoms with Crippen LogP contribution < -0.4 is 0 Å². The number of rotatable bonds is 6. The summed E-state index contributed by atoms with van der Waals surface area (Å²) >= 11 is 0. The van der Waals surface area contributed by atoms with Gasteiger partial charge in [0.15, 0.2) is 0 Å². The fraction of sp³-hybridized carbons (Fsp3) is 0.444. The summed E-state index contributed by atoms with van der Waals surface area (Å²) in [7, 11) is 1.42. The van der Waals surface area contributed by atoms with Crippen molar-refractivity contribution in [2.45, 2.75) is 46.0 Å². The van der Waals surface area contributed by atoms with E-state index in [0.29, 0.717) is 12.8 Å². The van der Waals surface area contributed by atoms with E-state index in [9.17, 15) is 4.79 Å². The number of nitrogens with zero attached hydrogens (tertiary/aromatic N) is 1. The molecule has 3 nitrogen and oxygen atoms in total. The molecular formula is C18H23NO2. The first-order chi connectivity index (χ1) is 10.1. The Morgan fingerprint density at radius 2 is 2.05 bits per heavy atom. The third kappa shape index (κ3) is 4.03. The van der Waals surface area contributed by atoms with Crippen LogP contribution in [-0.4, -0.2) is 18.1 Å². The molecule has 1 heterocycles. The smallest absolute Gasteiger partial charge is 0.305 e. The maximum atomic E-state index is 11.2. The summed E-state index contributed by atoms with van der Waals surface area (Å²) in [6.07, 6.45) is 4.55. The van der Waals surface area contributed by atoms with Crippen molar-refractivity contribution in [2.75, 3.05) is 7.11 Å². The fourth-order valence-corrected chi connectivity index (χ4v) is 2.51. The molecule has 0 aliphatic rings. The van der Waals surface area contributed by atoms with Crippen LogP contribution in [0.3, 0.4) is 0 Å². The molecule has 112 valence electrons. The van der Waals surface area contributed by atoms with E-state index in [1.165, 1.54) is 36.5 Å². The van der Waals surface area contributed by atoms with Gasteiger partial charge in [-0.25, -0.2) is 0 Å². The summed E-state index contributed by atoms with van der Waals surface area (Å²) in [4.78, 5) is 15.9. The second-order valence-corrected chi connectivity index (χ2v) is 5.46. The third-order valence-corrected chi connectivity index (χ3v) is 3.76. The monoisotopic (exact) mass is 285 g/mol. The molecule has 1 aromatic carbocycles. The van der Waals surface area contributed by atoms with Gasteiger partial charge in [-0.15, -0.1) is 0 Å². The van der Waals surface area contributed by atoms with Gasteiger partial charge in [-0.1, -0.05) is 19.4 Å². The zero-order valence-electron chi connectivity index (χ0n) is 13.1. The number of pyridine rings is 1. The highest BCUT2D eigenvalue weighted by Gasteiger charge is 2.07. The lowest BCUT2D eigenvalue weighted by Crippen LogP contribution is -2.03. The SMILES string of the molecule is CCCCc1ccc2nc(CCC(=O)OC)cc(C)c2c1. The average Bonchev–Trinajstić information content (AvgIpc) is 2.50. The fourth-order valence-electron chi connectivity index (χ4n) is 2.51. The number of unbranched alkanes of at least 4 members (excludes halogenated alkanes) is 1. The number of fused-ring (bicyclic) bond motifs is 1. The lowest BCUT2D eigenvalue weighted by Gasteiger charge is -2.08. The number of carbonyl (C=O) groups is 1. The lowest BCUT2D eigenvalue weighted by molar-refractivity contribution is -0.140. The molecule has 2 aromatic rings. The summed E-state index contributed by atoms with van der Waals surface area (Å²) in [6, 6.07) is 8.58. The van der Waals surface area contributed by atoms with Crippen LogP contribution in [0.2, 0.25) is 0 Å². The van der Waals surface area contributed by atoms with Crippen LogP contribution in [0.4, 0.5) is 0 Å². The van der Waals surface area contributed by atoms with Gasteiger partial charge in [0.05, 0.1) is 19.0 Å². The van der Waals surface area contributed by atoms with Gasteiger partial charge < -0.3 is 4.74 Å². The molecule has 2 rings (SSSR count). The van der Waals surface area contributed by atoms with Crippen LogP contribution in [0.15, 0.2) is 24.3 Å². The molecule has 0 amide bonds. The number of esters is 1. The molecule has 0 N–H and O–H groups in total. The van der Waals surface area contributed by atoms with E-state index < -0.39 is 0 Å². The number of benzene rings is 1. The Morgan fingerprint density at radius 1 is 1.24 bits per heavy atom. The second kappa shape index (κ2) is 7.21. The number of carbonyl (C=O) groups excluding carboxylic acids is 1. The minimum absolute atomic E-state index is 0.190. The minimum atomic E-state index is -0.190. The van der Waals surface area contributed by atoms with Crippen LogP contribution in [0.1, 0.15) is 43.0 Å². The topological polar surface area (TPSA) is 39.2 Å². The molecule has 0 atom stereocenters. The first-order valence-electron chi connectivity index (χ1n) is 7.60. The highest BCUT2D eigenvalue weighted by Crippen LogP contribution is 2.21. The summed E-state index contributed by atoms with van der Waals surface area (Å²) in [6.45, 7) is 4.32. The Hall–Kier alpha value is -1.90. The second-order valence-electron chi connectivity index (χ2n) is 5.46. The maximum absolute atomic E-state index is 11.2. The van der Waals surface area contributed by atoms with Crippen molar-refractivity contribution in [3.8, 4) is 0 Å². The van der Waals surface area contributed by atoms with E-state index in [1.54, 1.807) is 0 Å². The largest absolute Gasteiger partial charge is 0.469 e. The predicted molar refractivity (Wildman–Crippen MR) is 85.4 cm³/mol. The summed E-state index contributed by atoms with van der Waals surface area (Å²) in [5.41, 5.74) is 4.55. The first kappa shape index (κ1) is 15.5. The van der Waals surface area contributed by atoms with E-state index in [1.807, 2.05) is 0 Å². The van der Waals surface area contributed by atoms with E-state index >= 15 is 0 Å². The predicted octanol–water partition coefficient (Wildman–Crippen LogP) is 3.99. The van der Waals surface area contributed by atoms with E-state index in [-0.39, 0.29) is 5.97 Å². The van der Waals surface area contributed by atoms with Crippen molar-refractivity contribution in [3.05, 3.63) is 41.1 Å². The molecule has 0 fully saturated rings. The molecule has 0 bridgehead atoms. The van der Waals surface area contributed by atoms with Crippen LogP contribution in [0.5, 0.6) is 0 Å². The molecule has 0 unspecified atom stereocenters. The highest BCUT2D eigenvalue weighted by atomic mass is 16.5. The number of aryl methyl sites for hydroxylation is 3. The van der Waals surface area contributed by atoms with E-state index in [4.69, 9.17) is 0 Å². The van der Waals surface area contributed by atoms with Crippen molar-refractivity contribution in [1.82, 2.24) is 4.98 Å². The van der Waals surface area contributed by atoms with Gasteiger partial charge in [-0.2, -0.15) is 0 Å². The van der Waals surface area contributed by atoms with Gasteiger partial charge >= 0.3 is 5.97 Å². The molecular weight excluding hydrogens is 262 g/mol. The lowest BCUT2D eigenvalue weighted by atomic mass is 10.0. The van der Waals surface area contributed by atoms with Gasteiger partial charge in [-0.3, -0.25) is 9.78 Å². The van der Waals surface area contributed by atoms with Gasteiger partial charge in [-0.05, 0) is 49.1 Å². The molecule has 21 heavy (non-hydrogen) atoms. The molecule has 0 saturated heterocycles. The summed E-state index contributed by atoms with van der Waals surface area (Å²) < 4.78 is 4.68. The van der Waals surface area contributed by atoms with Crippen molar-refractivity contribution in [3.63, 3.8) is 0 Å². The Labute approximate surface area is 126 Å². The number of hydrogen-bond donors (Lipinski definition) is 0. The number of methoxy groups -OCH3 is 1. The molecule has 0 aliphatic heterocycles. The average molecular weight is 285 g/mol. The number of hydrogen-bond acceptors (Lipinski definition) is 3. The standard InChI is InChI=1S/C18H23NO2/c1-4-5-6-14-7-9-17-16(12-14)13(2)11-15(19-17)8-10-18(20)21-3/h7,9,11-12H,4-6,8,10H2,1-3H3. The summed E-state index contributed by atoms with van der Waals surface area (Å²) in [5, 5.41) is 1.21. The van der Waals surface area contributed by atoms with Gasteiger partial charge in [0.25, 0.3) is 0 Å². The van der Waals surface area contributed by atoms with Crippen LogP contribution in [0, 0.1) is 6.92 Å². The van der Waals surface area contributed by atoms with Crippen molar-refractivity contribution in [1.29, 1.82) is 0 Å². The zero-order valence-corrected chi connectivity index (χ0v) is 13.1. The number of ether oxygens (including phenoxy) is 1. The Morgan fingerprint density at radius 3 is 2.76 bits per heavy atom. The normalized spacial score (nSPS) is 10.8. The quantitative estimate of drug-likeness (QED) is 0.753. The van der Waals surface area contributed by atoms with Crippen molar-refractivity contribution < 1.29 is 9.53 Å². The van der Waals surface area contributed by atoms with E-state index in [2.05, 4.69) is 47.8 Å². The molecule has 3 heteroatoms. The first-order valence-corrected chi connectivity index (χ1v) is 7.60. The molecule has 0 aliphatic carbocycles. The van der Waals surface area contributed by atoms with E-state index in [0.717, 1.165) is 17.6 Å². The maximum Gasteiger partial charge on any atom is 0.305 e. The Balaban J connectivity index is 2.23. The molecule has 0 spiro atoms. The van der Waals surface area contributed by atoms with Gasteiger partial charge in [0.1, 0.15) is 0 Å². The molecule has 0 radical (unpaired) electrons. The van der Waals surface area contributed by atoms with Crippen LogP contribution in [-0.2, 0) is 22.4 Å². The minimum Gasteiger partial charge on any atom is -0.469 e. The van der Waals surface area contributed by atoms with Crippen molar-refractivity contribution in [2.24, 2.45) is 0 Å². The van der Waals surface area contributed by atoms with Crippen LogP contribution in [0.25, 0.3) is 10.9 Å². The molecule has 0 saturated carbocycles.